The Balaban J connectivity index is 2.51. The van der Waals surface area contributed by atoms with E-state index in [-0.39, 0.29) is 18.5 Å². The predicted molar refractivity (Wildman–Crippen MR) is 67.2 cm³/mol. The Bertz CT molecular complexity index is 392. The third-order valence-corrected chi connectivity index (χ3v) is 2.66. The van der Waals surface area contributed by atoms with Gasteiger partial charge in [0.1, 0.15) is 6.54 Å². The van der Waals surface area contributed by atoms with Crippen LogP contribution in [0.2, 0.25) is 0 Å². The molecule has 3 nitrogen and oxygen atoms in total. The van der Waals surface area contributed by atoms with Crippen LogP contribution in [0.25, 0.3) is 0 Å². The maximum atomic E-state index is 11.9. The molecule has 0 bridgehead atoms. The van der Waals surface area contributed by atoms with Crippen molar-refractivity contribution in [2.24, 2.45) is 0 Å². The molecule has 0 fully saturated rings. The highest BCUT2D eigenvalue weighted by Crippen LogP contribution is 2.07. The van der Waals surface area contributed by atoms with E-state index in [9.17, 15) is 4.79 Å². The first-order valence-corrected chi connectivity index (χ1v) is 5.85. The molecule has 1 aromatic rings. The maximum absolute atomic E-state index is 11.9. The third-order valence-electron chi connectivity index (χ3n) is 2.66. The zero-order valence-electron chi connectivity index (χ0n) is 10.4. The minimum absolute atomic E-state index is 0.0467. The fourth-order valence-electron chi connectivity index (χ4n) is 1.67. The van der Waals surface area contributed by atoms with Gasteiger partial charge in [0, 0.05) is 12.5 Å². The molecule has 0 spiro atoms. The summed E-state index contributed by atoms with van der Waals surface area (Å²) < 4.78 is 0. The third kappa shape index (κ3) is 4.28. The van der Waals surface area contributed by atoms with Crippen LogP contribution in [0.4, 0.5) is 0 Å². The maximum Gasteiger partial charge on any atom is 0.223 e. The van der Waals surface area contributed by atoms with Crippen molar-refractivity contribution < 1.29 is 4.79 Å². The van der Waals surface area contributed by atoms with E-state index in [1.54, 1.807) is 4.90 Å². The predicted octanol–water partition coefficient (Wildman–Crippen LogP) is 2.38. The topological polar surface area (TPSA) is 44.1 Å². The minimum Gasteiger partial charge on any atom is -0.327 e. The summed E-state index contributed by atoms with van der Waals surface area (Å²) in [5.74, 6) is 0.0467. The molecule has 90 valence electrons. The molecule has 0 N–H and O–H groups in total. The Morgan fingerprint density at radius 2 is 2.00 bits per heavy atom. The fourth-order valence-corrected chi connectivity index (χ4v) is 1.67. The summed E-state index contributed by atoms with van der Waals surface area (Å²) in [4.78, 5) is 13.5. The summed E-state index contributed by atoms with van der Waals surface area (Å²) in [5, 5.41) is 8.68. The highest BCUT2D eigenvalue weighted by Gasteiger charge is 2.15. The standard InChI is InChI=1S/C14H18N2O/c1-12(2)16(11-10-15)14(17)9-8-13-6-4-3-5-7-13/h3-7,12H,8-9,11H2,1-2H3. The van der Waals surface area contributed by atoms with Crippen LogP contribution < -0.4 is 0 Å². The molecule has 3 heteroatoms. The van der Waals surface area contributed by atoms with Crippen LogP contribution in [-0.2, 0) is 11.2 Å². The molecule has 0 aliphatic rings. The molecule has 0 atom stereocenters. The van der Waals surface area contributed by atoms with E-state index < -0.39 is 0 Å². The monoisotopic (exact) mass is 230 g/mol. The van der Waals surface area contributed by atoms with Crippen LogP contribution >= 0.6 is 0 Å². The summed E-state index contributed by atoms with van der Waals surface area (Å²) in [5.41, 5.74) is 1.15. The first kappa shape index (κ1) is 13.2. The van der Waals surface area contributed by atoms with Crippen LogP contribution in [0.5, 0.6) is 0 Å². The first-order valence-electron chi connectivity index (χ1n) is 5.85. The number of carbonyl (C=O) groups excluding carboxylic acids is 1. The van der Waals surface area contributed by atoms with Gasteiger partial charge in [-0.05, 0) is 25.8 Å². The van der Waals surface area contributed by atoms with Crippen molar-refractivity contribution in [1.82, 2.24) is 4.90 Å². The second kappa shape index (κ2) is 6.70. The SMILES string of the molecule is CC(C)N(CC#N)C(=O)CCc1ccccc1. The molecule has 0 aliphatic heterocycles. The Kier molecular flexibility index (Phi) is 5.22. The van der Waals surface area contributed by atoms with E-state index in [0.717, 1.165) is 12.0 Å². The molecule has 1 amide bonds. The van der Waals surface area contributed by atoms with E-state index in [4.69, 9.17) is 5.26 Å². The van der Waals surface area contributed by atoms with E-state index in [2.05, 4.69) is 0 Å². The van der Waals surface area contributed by atoms with Gasteiger partial charge in [-0.1, -0.05) is 30.3 Å². The van der Waals surface area contributed by atoms with E-state index in [1.807, 2.05) is 50.2 Å². The number of rotatable bonds is 5. The molecule has 0 saturated heterocycles. The quantitative estimate of drug-likeness (QED) is 0.729. The number of nitriles is 1. The fraction of sp³-hybridized carbons (Fsp3) is 0.429. The highest BCUT2D eigenvalue weighted by molar-refractivity contribution is 5.77. The van der Waals surface area contributed by atoms with Crippen molar-refractivity contribution in [3.8, 4) is 6.07 Å². The zero-order valence-corrected chi connectivity index (χ0v) is 10.4. The van der Waals surface area contributed by atoms with Gasteiger partial charge in [-0.15, -0.1) is 0 Å². The Morgan fingerprint density at radius 1 is 1.35 bits per heavy atom. The molecule has 0 saturated carbocycles. The van der Waals surface area contributed by atoms with Crippen LogP contribution in [0.15, 0.2) is 30.3 Å². The average molecular weight is 230 g/mol. The van der Waals surface area contributed by atoms with Crippen molar-refractivity contribution >= 4 is 5.91 Å². The number of aryl methyl sites for hydroxylation is 1. The Morgan fingerprint density at radius 3 is 2.53 bits per heavy atom. The van der Waals surface area contributed by atoms with Crippen molar-refractivity contribution in [3.63, 3.8) is 0 Å². The summed E-state index contributed by atoms with van der Waals surface area (Å²) in [6.45, 7) is 4.03. The van der Waals surface area contributed by atoms with Gasteiger partial charge in [0.25, 0.3) is 0 Å². The van der Waals surface area contributed by atoms with Crippen LogP contribution in [0, 0.1) is 11.3 Å². The number of carbonyl (C=O) groups is 1. The number of amides is 1. The largest absolute Gasteiger partial charge is 0.327 e. The lowest BCUT2D eigenvalue weighted by atomic mass is 10.1. The lowest BCUT2D eigenvalue weighted by Gasteiger charge is -2.23. The molecular formula is C14H18N2O. The molecular weight excluding hydrogens is 212 g/mol. The summed E-state index contributed by atoms with van der Waals surface area (Å²) in [6, 6.07) is 12.0. The second-order valence-electron chi connectivity index (χ2n) is 4.26. The highest BCUT2D eigenvalue weighted by atomic mass is 16.2. The smallest absolute Gasteiger partial charge is 0.223 e. The van der Waals surface area contributed by atoms with Gasteiger partial charge in [-0.25, -0.2) is 0 Å². The zero-order chi connectivity index (χ0) is 12.7. The molecule has 1 rings (SSSR count). The lowest BCUT2D eigenvalue weighted by molar-refractivity contribution is -0.132. The minimum atomic E-state index is 0.0467. The summed E-state index contributed by atoms with van der Waals surface area (Å²) in [7, 11) is 0. The van der Waals surface area contributed by atoms with Gasteiger partial charge < -0.3 is 4.90 Å². The van der Waals surface area contributed by atoms with Crippen LogP contribution in [0.1, 0.15) is 25.8 Å². The summed E-state index contributed by atoms with van der Waals surface area (Å²) >= 11 is 0. The number of nitrogens with zero attached hydrogens (tertiary/aromatic N) is 2. The molecule has 17 heavy (non-hydrogen) atoms. The number of benzene rings is 1. The van der Waals surface area contributed by atoms with E-state index >= 15 is 0 Å². The van der Waals surface area contributed by atoms with Crippen LogP contribution in [-0.4, -0.2) is 23.4 Å². The Hall–Kier alpha value is -1.82. The van der Waals surface area contributed by atoms with E-state index in [1.165, 1.54) is 0 Å². The molecule has 0 heterocycles. The first-order chi connectivity index (χ1) is 8.15. The van der Waals surface area contributed by atoms with Gasteiger partial charge in [-0.3, -0.25) is 4.79 Å². The lowest BCUT2D eigenvalue weighted by Crippen LogP contribution is -2.37. The van der Waals surface area contributed by atoms with Gasteiger partial charge in [-0.2, -0.15) is 5.26 Å². The number of hydrogen-bond acceptors (Lipinski definition) is 2. The summed E-state index contributed by atoms with van der Waals surface area (Å²) in [6.07, 6.45) is 1.19. The van der Waals surface area contributed by atoms with Gasteiger partial charge in [0.15, 0.2) is 0 Å². The molecule has 0 radical (unpaired) electrons. The van der Waals surface area contributed by atoms with Crippen molar-refractivity contribution in [1.29, 1.82) is 5.26 Å². The number of hydrogen-bond donors (Lipinski definition) is 0. The molecule has 1 aromatic carbocycles. The molecule has 0 unspecified atom stereocenters. The normalized spacial score (nSPS) is 10.0. The van der Waals surface area contributed by atoms with Crippen LogP contribution in [0.3, 0.4) is 0 Å². The second-order valence-corrected chi connectivity index (χ2v) is 4.26. The Labute approximate surface area is 103 Å². The molecule has 0 aromatic heterocycles. The van der Waals surface area contributed by atoms with Gasteiger partial charge >= 0.3 is 0 Å². The molecule has 0 aliphatic carbocycles. The van der Waals surface area contributed by atoms with Crippen molar-refractivity contribution in [2.45, 2.75) is 32.7 Å². The van der Waals surface area contributed by atoms with Gasteiger partial charge in [0.2, 0.25) is 5.91 Å². The van der Waals surface area contributed by atoms with E-state index in [0.29, 0.717) is 6.42 Å². The van der Waals surface area contributed by atoms with Crippen molar-refractivity contribution in [3.05, 3.63) is 35.9 Å². The van der Waals surface area contributed by atoms with Gasteiger partial charge in [0.05, 0.1) is 6.07 Å². The average Bonchev–Trinajstić information content (AvgIpc) is 2.34. The van der Waals surface area contributed by atoms with Crippen molar-refractivity contribution in [2.75, 3.05) is 6.54 Å².